The van der Waals surface area contributed by atoms with Gasteiger partial charge in [0.05, 0.1) is 25.5 Å². The number of unbranched alkanes of at least 4 members (excludes halogenated alkanes) is 1. The Hall–Kier alpha value is -3.55. The van der Waals surface area contributed by atoms with Gasteiger partial charge >= 0.3 is 0 Å². The van der Waals surface area contributed by atoms with Crippen LogP contribution in [0, 0.1) is 6.92 Å². The molecule has 1 aliphatic rings. The Morgan fingerprint density at radius 3 is 2.72 bits per heavy atom. The van der Waals surface area contributed by atoms with Crippen LogP contribution in [0.2, 0.25) is 0 Å². The van der Waals surface area contributed by atoms with Crippen LogP contribution in [0.25, 0.3) is 0 Å². The van der Waals surface area contributed by atoms with Crippen LogP contribution in [-0.2, 0) is 23.2 Å². The zero-order chi connectivity index (χ0) is 25.4. The number of imidazole rings is 1. The number of aryl methyl sites for hydroxylation is 3. The van der Waals surface area contributed by atoms with E-state index in [2.05, 4.69) is 19.9 Å². The first kappa shape index (κ1) is 25.5. The van der Waals surface area contributed by atoms with Gasteiger partial charge in [-0.25, -0.2) is 9.97 Å². The van der Waals surface area contributed by atoms with Crippen molar-refractivity contribution in [2.45, 2.75) is 63.8 Å². The molecular formula is C28H37N5O3. The van der Waals surface area contributed by atoms with Crippen LogP contribution in [-0.4, -0.2) is 40.7 Å². The average molecular weight is 492 g/mol. The third-order valence-corrected chi connectivity index (χ3v) is 7.10. The van der Waals surface area contributed by atoms with E-state index in [1.54, 1.807) is 13.3 Å². The molecule has 0 atom stereocenters. The number of aromatic nitrogens is 3. The average Bonchev–Trinajstić information content (AvgIpc) is 3.26. The van der Waals surface area contributed by atoms with Crippen molar-refractivity contribution in [2.75, 3.05) is 26.0 Å². The molecule has 192 valence electrons. The molecule has 2 aromatic heterocycles. The number of nitrogens with one attached hydrogen (secondary N) is 1. The lowest BCUT2D eigenvalue weighted by atomic mass is 9.63. The van der Waals surface area contributed by atoms with Crippen molar-refractivity contribution in [3.05, 3.63) is 65.9 Å². The molecular weight excluding hydrogens is 454 g/mol. The monoisotopic (exact) mass is 491 g/mol. The number of carbonyl (C=O) groups excluding carboxylic acids is 1. The van der Waals surface area contributed by atoms with E-state index >= 15 is 0 Å². The van der Waals surface area contributed by atoms with Gasteiger partial charge in [0.25, 0.3) is 0 Å². The van der Waals surface area contributed by atoms with Crippen molar-refractivity contribution in [1.29, 1.82) is 0 Å². The second-order valence-corrected chi connectivity index (χ2v) is 9.53. The number of hydrogen-bond donors (Lipinski definition) is 2. The summed E-state index contributed by atoms with van der Waals surface area (Å²) in [7, 11) is 1.64. The largest absolute Gasteiger partial charge is 0.493 e. The van der Waals surface area contributed by atoms with Crippen LogP contribution in [0.5, 0.6) is 11.5 Å². The molecule has 1 amide bonds. The van der Waals surface area contributed by atoms with Crippen molar-refractivity contribution < 1.29 is 14.3 Å². The number of nitrogen functional groups attached to an aromatic ring is 1. The van der Waals surface area contributed by atoms with Gasteiger partial charge in [0.1, 0.15) is 5.82 Å². The Morgan fingerprint density at radius 1 is 1.17 bits per heavy atom. The van der Waals surface area contributed by atoms with E-state index in [-0.39, 0.29) is 5.91 Å². The number of nitrogens with zero attached hydrogens (tertiary/aromatic N) is 3. The summed E-state index contributed by atoms with van der Waals surface area (Å²) in [5.41, 5.74) is 8.58. The molecule has 1 aliphatic carbocycles. The minimum atomic E-state index is -0.483. The van der Waals surface area contributed by atoms with E-state index in [0.717, 1.165) is 62.7 Å². The summed E-state index contributed by atoms with van der Waals surface area (Å²) in [6.45, 7) is 4.12. The lowest BCUT2D eigenvalue weighted by Crippen LogP contribution is -2.49. The van der Waals surface area contributed by atoms with Crippen LogP contribution in [0.15, 0.2) is 49.1 Å². The molecule has 1 aromatic carbocycles. The van der Waals surface area contributed by atoms with E-state index in [4.69, 9.17) is 15.2 Å². The number of amides is 1. The summed E-state index contributed by atoms with van der Waals surface area (Å²) in [5, 5.41) is 3.17. The first-order chi connectivity index (χ1) is 17.5. The third kappa shape index (κ3) is 5.98. The highest BCUT2D eigenvalue weighted by molar-refractivity contribution is 5.89. The number of carbonyl (C=O) groups is 1. The van der Waals surface area contributed by atoms with E-state index in [1.165, 1.54) is 5.56 Å². The van der Waals surface area contributed by atoms with Gasteiger partial charge in [0.15, 0.2) is 11.5 Å². The zero-order valence-electron chi connectivity index (χ0n) is 21.3. The molecule has 36 heavy (non-hydrogen) atoms. The van der Waals surface area contributed by atoms with Gasteiger partial charge < -0.3 is 25.1 Å². The summed E-state index contributed by atoms with van der Waals surface area (Å²) in [4.78, 5) is 21.4. The number of methoxy groups -OCH3 is 1. The van der Waals surface area contributed by atoms with Crippen molar-refractivity contribution >= 4 is 11.7 Å². The molecule has 0 aliphatic heterocycles. The molecule has 8 nitrogen and oxygen atoms in total. The van der Waals surface area contributed by atoms with E-state index in [1.807, 2.05) is 49.8 Å². The van der Waals surface area contributed by atoms with E-state index in [0.29, 0.717) is 30.5 Å². The number of ether oxygens (including phenoxy) is 2. The van der Waals surface area contributed by atoms with Crippen molar-refractivity contribution in [3.8, 4) is 11.5 Å². The van der Waals surface area contributed by atoms with Crippen molar-refractivity contribution in [1.82, 2.24) is 19.9 Å². The summed E-state index contributed by atoms with van der Waals surface area (Å²) in [6.07, 6.45) is 11.9. The number of pyridine rings is 1. The summed E-state index contributed by atoms with van der Waals surface area (Å²) in [6, 6.07) is 9.84. The number of rotatable bonds is 13. The van der Waals surface area contributed by atoms with Crippen LogP contribution >= 0.6 is 0 Å². The predicted molar refractivity (Wildman–Crippen MR) is 140 cm³/mol. The minimum absolute atomic E-state index is 0.101. The maximum Gasteiger partial charge on any atom is 0.230 e. The van der Waals surface area contributed by atoms with Crippen LogP contribution in [0.1, 0.15) is 55.3 Å². The molecule has 0 spiro atoms. The minimum Gasteiger partial charge on any atom is -0.493 e. The van der Waals surface area contributed by atoms with E-state index in [9.17, 15) is 4.79 Å². The highest BCUT2D eigenvalue weighted by atomic mass is 16.5. The molecule has 0 saturated heterocycles. The molecule has 8 heteroatoms. The van der Waals surface area contributed by atoms with Gasteiger partial charge in [-0.15, -0.1) is 0 Å². The summed E-state index contributed by atoms with van der Waals surface area (Å²) < 4.78 is 13.8. The first-order valence-electron chi connectivity index (χ1n) is 12.8. The summed E-state index contributed by atoms with van der Waals surface area (Å²) in [5.74, 6) is 2.03. The maximum absolute atomic E-state index is 13.2. The quantitative estimate of drug-likeness (QED) is 0.347. The van der Waals surface area contributed by atoms with Crippen molar-refractivity contribution in [2.24, 2.45) is 0 Å². The summed E-state index contributed by atoms with van der Waals surface area (Å²) >= 11 is 0. The SMILES string of the molecule is COc1cc(C2(C(=O)NCCCn3cncc3C)CCC2)ccc1OCCCCc1ccnc(N)c1. The normalized spacial score (nSPS) is 14.2. The van der Waals surface area contributed by atoms with Crippen LogP contribution in [0.4, 0.5) is 5.82 Å². The number of nitrogens with two attached hydrogens (primary N) is 1. The van der Waals surface area contributed by atoms with Gasteiger partial charge in [-0.2, -0.15) is 0 Å². The number of hydrogen-bond acceptors (Lipinski definition) is 6. The highest BCUT2D eigenvalue weighted by Crippen LogP contribution is 2.46. The van der Waals surface area contributed by atoms with Gasteiger partial charge in [-0.1, -0.05) is 12.5 Å². The fourth-order valence-electron chi connectivity index (χ4n) is 4.77. The van der Waals surface area contributed by atoms with Gasteiger partial charge in [0, 0.05) is 31.2 Å². The molecule has 4 rings (SSSR count). The molecule has 0 radical (unpaired) electrons. The first-order valence-corrected chi connectivity index (χ1v) is 12.8. The fourth-order valence-corrected chi connectivity index (χ4v) is 4.77. The van der Waals surface area contributed by atoms with Gasteiger partial charge in [-0.05, 0) is 80.8 Å². The lowest BCUT2D eigenvalue weighted by molar-refractivity contribution is -0.129. The Labute approximate surface area is 213 Å². The van der Waals surface area contributed by atoms with Crippen molar-refractivity contribution in [3.63, 3.8) is 0 Å². The molecule has 3 N–H and O–H groups in total. The van der Waals surface area contributed by atoms with E-state index < -0.39 is 5.41 Å². The molecule has 0 unspecified atom stereocenters. The zero-order valence-corrected chi connectivity index (χ0v) is 21.3. The Morgan fingerprint density at radius 2 is 2.03 bits per heavy atom. The molecule has 1 saturated carbocycles. The van der Waals surface area contributed by atoms with Crippen LogP contribution in [0.3, 0.4) is 0 Å². The topological polar surface area (TPSA) is 104 Å². The number of benzene rings is 1. The Balaban J connectivity index is 1.29. The highest BCUT2D eigenvalue weighted by Gasteiger charge is 2.45. The van der Waals surface area contributed by atoms with Gasteiger partial charge in [-0.3, -0.25) is 4.79 Å². The molecule has 0 bridgehead atoms. The second-order valence-electron chi connectivity index (χ2n) is 9.53. The third-order valence-electron chi connectivity index (χ3n) is 7.10. The molecule has 2 heterocycles. The Kier molecular flexibility index (Phi) is 8.46. The fraction of sp³-hybridized carbons (Fsp3) is 0.464. The molecule has 1 fully saturated rings. The standard InChI is InChI=1S/C28H37N5O3/c1-21-19-30-20-33(21)15-6-13-32-27(34)28(11-5-12-28)23-8-9-24(25(18-23)35-2)36-16-4-3-7-22-10-14-31-26(29)17-22/h8-10,14,17-20H,3-7,11-13,15-16H2,1-2H3,(H2,29,31)(H,32,34). The smallest absolute Gasteiger partial charge is 0.230 e. The second kappa shape index (κ2) is 11.9. The maximum atomic E-state index is 13.2. The molecule has 3 aromatic rings. The lowest BCUT2D eigenvalue weighted by Gasteiger charge is -2.41. The van der Waals surface area contributed by atoms with Crippen LogP contribution < -0.4 is 20.5 Å². The number of anilines is 1. The predicted octanol–water partition coefficient (Wildman–Crippen LogP) is 4.21. The Bertz CT molecular complexity index is 1160. The van der Waals surface area contributed by atoms with Gasteiger partial charge in [0.2, 0.25) is 5.91 Å².